The van der Waals surface area contributed by atoms with E-state index in [-0.39, 0.29) is 11.8 Å². The lowest BCUT2D eigenvalue weighted by atomic mass is 10.0. The minimum absolute atomic E-state index is 0.0790. The van der Waals surface area contributed by atoms with Gasteiger partial charge in [0, 0.05) is 13.1 Å². The second kappa shape index (κ2) is 6.59. The number of fused-ring (bicyclic) bond motifs is 2. The van der Waals surface area contributed by atoms with Gasteiger partial charge in [-0.05, 0) is 48.2 Å². The molecule has 5 nitrogen and oxygen atoms in total. The van der Waals surface area contributed by atoms with Crippen molar-refractivity contribution >= 4 is 16.9 Å². The fourth-order valence-electron chi connectivity index (χ4n) is 3.59. The SMILES string of the molecule is COc1ccc2c(c1)C(C(=O)NCCn1cnc3ccccc31)CC2. The van der Waals surface area contributed by atoms with Crippen molar-refractivity contribution in [3.63, 3.8) is 0 Å². The second-order valence-electron chi connectivity index (χ2n) is 6.37. The Kier molecular flexibility index (Phi) is 4.14. The van der Waals surface area contributed by atoms with E-state index in [0.717, 1.165) is 35.2 Å². The van der Waals surface area contributed by atoms with Gasteiger partial charge < -0.3 is 14.6 Å². The van der Waals surface area contributed by atoms with Crippen LogP contribution in [-0.4, -0.2) is 29.1 Å². The van der Waals surface area contributed by atoms with Gasteiger partial charge in [0.1, 0.15) is 5.75 Å². The highest BCUT2D eigenvalue weighted by atomic mass is 16.5. The van der Waals surface area contributed by atoms with E-state index in [0.29, 0.717) is 13.1 Å². The van der Waals surface area contributed by atoms with Crippen LogP contribution in [0.25, 0.3) is 11.0 Å². The molecule has 5 heteroatoms. The molecule has 0 fully saturated rings. The lowest BCUT2D eigenvalue weighted by Gasteiger charge is -2.13. The average Bonchev–Trinajstić information content (AvgIpc) is 3.25. The van der Waals surface area contributed by atoms with Crippen molar-refractivity contribution < 1.29 is 9.53 Å². The lowest BCUT2D eigenvalue weighted by Crippen LogP contribution is -2.31. The fourth-order valence-corrected chi connectivity index (χ4v) is 3.59. The maximum absolute atomic E-state index is 12.6. The molecule has 1 aliphatic rings. The standard InChI is InChI=1S/C20H21N3O2/c1-25-15-8-6-14-7-9-16(17(14)12-15)20(24)21-10-11-23-13-22-18-4-2-3-5-19(18)23/h2-6,8,12-13,16H,7,9-11H2,1H3,(H,21,24). The molecular weight excluding hydrogens is 314 g/mol. The zero-order valence-corrected chi connectivity index (χ0v) is 14.2. The third kappa shape index (κ3) is 2.97. The molecule has 0 radical (unpaired) electrons. The molecule has 0 bridgehead atoms. The highest BCUT2D eigenvalue weighted by molar-refractivity contribution is 5.85. The largest absolute Gasteiger partial charge is 0.497 e. The second-order valence-corrected chi connectivity index (χ2v) is 6.37. The molecule has 25 heavy (non-hydrogen) atoms. The number of hydrogen-bond acceptors (Lipinski definition) is 3. The first kappa shape index (κ1) is 15.7. The van der Waals surface area contributed by atoms with E-state index in [4.69, 9.17) is 4.74 Å². The normalized spacial score (nSPS) is 16.0. The van der Waals surface area contributed by atoms with Gasteiger partial charge in [-0.2, -0.15) is 0 Å². The van der Waals surface area contributed by atoms with Crippen LogP contribution in [-0.2, 0) is 17.8 Å². The van der Waals surface area contributed by atoms with Crippen molar-refractivity contribution in [1.29, 1.82) is 0 Å². The van der Waals surface area contributed by atoms with E-state index in [1.807, 2.05) is 42.7 Å². The molecular formula is C20H21N3O2. The Morgan fingerprint density at radius 1 is 1.32 bits per heavy atom. The van der Waals surface area contributed by atoms with Crippen molar-refractivity contribution in [1.82, 2.24) is 14.9 Å². The van der Waals surface area contributed by atoms with Crippen LogP contribution in [0.4, 0.5) is 0 Å². The van der Waals surface area contributed by atoms with Gasteiger partial charge >= 0.3 is 0 Å². The van der Waals surface area contributed by atoms with Crippen LogP contribution in [0.2, 0.25) is 0 Å². The summed E-state index contributed by atoms with van der Waals surface area (Å²) in [7, 11) is 1.65. The zero-order chi connectivity index (χ0) is 17.2. The monoisotopic (exact) mass is 335 g/mol. The van der Waals surface area contributed by atoms with E-state index in [1.54, 1.807) is 7.11 Å². The number of nitrogens with zero attached hydrogens (tertiary/aromatic N) is 2. The van der Waals surface area contributed by atoms with Crippen molar-refractivity contribution in [2.75, 3.05) is 13.7 Å². The molecule has 2 aromatic carbocycles. The number of aromatic nitrogens is 2. The average molecular weight is 335 g/mol. The molecule has 0 aliphatic heterocycles. The molecule has 128 valence electrons. The first-order valence-electron chi connectivity index (χ1n) is 8.60. The number of nitrogens with one attached hydrogen (secondary N) is 1. The molecule has 1 aliphatic carbocycles. The van der Waals surface area contributed by atoms with E-state index >= 15 is 0 Å². The Bertz CT molecular complexity index is 916. The number of carbonyl (C=O) groups excluding carboxylic acids is 1. The molecule has 1 heterocycles. The number of ether oxygens (including phenoxy) is 1. The van der Waals surface area contributed by atoms with Crippen LogP contribution < -0.4 is 10.1 Å². The predicted octanol–water partition coefficient (Wildman–Crippen LogP) is 2.89. The number of rotatable bonds is 5. The van der Waals surface area contributed by atoms with Crippen LogP contribution >= 0.6 is 0 Å². The number of para-hydroxylation sites is 2. The van der Waals surface area contributed by atoms with E-state index in [2.05, 4.69) is 20.9 Å². The first-order valence-corrected chi connectivity index (χ1v) is 8.60. The summed E-state index contributed by atoms with van der Waals surface area (Å²) in [6.07, 6.45) is 3.64. The van der Waals surface area contributed by atoms with Crippen LogP contribution in [0.5, 0.6) is 5.75 Å². The number of hydrogen-bond donors (Lipinski definition) is 1. The molecule has 4 rings (SSSR count). The Morgan fingerprint density at radius 3 is 3.08 bits per heavy atom. The topological polar surface area (TPSA) is 56.1 Å². The summed E-state index contributed by atoms with van der Waals surface area (Å²) in [5.74, 6) is 0.824. The summed E-state index contributed by atoms with van der Waals surface area (Å²) in [6, 6.07) is 14.0. The van der Waals surface area contributed by atoms with Crippen molar-refractivity contribution in [3.05, 3.63) is 59.9 Å². The van der Waals surface area contributed by atoms with Gasteiger partial charge in [0.05, 0.1) is 30.4 Å². The number of carbonyl (C=O) groups is 1. The van der Waals surface area contributed by atoms with Gasteiger partial charge in [-0.3, -0.25) is 4.79 Å². The molecule has 0 spiro atoms. The Labute approximate surface area is 146 Å². The molecule has 1 amide bonds. The zero-order valence-electron chi connectivity index (χ0n) is 14.2. The molecule has 1 aromatic heterocycles. The highest BCUT2D eigenvalue weighted by Gasteiger charge is 2.28. The summed E-state index contributed by atoms with van der Waals surface area (Å²) in [5, 5.41) is 3.08. The van der Waals surface area contributed by atoms with Crippen LogP contribution in [0.15, 0.2) is 48.8 Å². The summed E-state index contributed by atoms with van der Waals surface area (Å²) < 4.78 is 7.37. The number of aryl methyl sites for hydroxylation is 1. The summed E-state index contributed by atoms with van der Waals surface area (Å²) in [4.78, 5) is 17.0. The van der Waals surface area contributed by atoms with Gasteiger partial charge in [-0.1, -0.05) is 18.2 Å². The number of imidazole rings is 1. The molecule has 3 aromatic rings. The van der Waals surface area contributed by atoms with Gasteiger partial charge in [0.2, 0.25) is 5.91 Å². The first-order chi connectivity index (χ1) is 12.3. The number of methoxy groups -OCH3 is 1. The van der Waals surface area contributed by atoms with Gasteiger partial charge in [-0.25, -0.2) is 4.98 Å². The van der Waals surface area contributed by atoms with E-state index in [9.17, 15) is 4.79 Å². The molecule has 1 N–H and O–H groups in total. The van der Waals surface area contributed by atoms with Crippen molar-refractivity contribution in [3.8, 4) is 5.75 Å². The maximum Gasteiger partial charge on any atom is 0.227 e. The van der Waals surface area contributed by atoms with Gasteiger partial charge in [-0.15, -0.1) is 0 Å². The van der Waals surface area contributed by atoms with Crippen molar-refractivity contribution in [2.24, 2.45) is 0 Å². The predicted molar refractivity (Wildman–Crippen MR) is 96.8 cm³/mol. The molecule has 0 saturated carbocycles. The van der Waals surface area contributed by atoms with Crippen LogP contribution in [0.1, 0.15) is 23.5 Å². The third-order valence-electron chi connectivity index (χ3n) is 4.93. The minimum atomic E-state index is -0.0790. The quantitative estimate of drug-likeness (QED) is 0.780. The van der Waals surface area contributed by atoms with E-state index < -0.39 is 0 Å². The lowest BCUT2D eigenvalue weighted by molar-refractivity contribution is -0.122. The fraction of sp³-hybridized carbons (Fsp3) is 0.300. The Balaban J connectivity index is 1.41. The third-order valence-corrected chi connectivity index (χ3v) is 4.93. The minimum Gasteiger partial charge on any atom is -0.497 e. The van der Waals surface area contributed by atoms with Crippen LogP contribution in [0.3, 0.4) is 0 Å². The summed E-state index contributed by atoms with van der Waals surface area (Å²) in [5.41, 5.74) is 4.42. The Morgan fingerprint density at radius 2 is 2.20 bits per heavy atom. The highest BCUT2D eigenvalue weighted by Crippen LogP contribution is 2.35. The Hall–Kier alpha value is -2.82. The van der Waals surface area contributed by atoms with Gasteiger partial charge in [0.15, 0.2) is 0 Å². The smallest absolute Gasteiger partial charge is 0.227 e. The number of amides is 1. The molecule has 1 atom stereocenters. The van der Waals surface area contributed by atoms with Crippen LogP contribution in [0, 0.1) is 0 Å². The summed E-state index contributed by atoms with van der Waals surface area (Å²) >= 11 is 0. The van der Waals surface area contributed by atoms with Gasteiger partial charge in [0.25, 0.3) is 0 Å². The van der Waals surface area contributed by atoms with E-state index in [1.165, 1.54) is 5.56 Å². The number of benzene rings is 2. The summed E-state index contributed by atoms with van der Waals surface area (Å²) in [6.45, 7) is 1.30. The maximum atomic E-state index is 12.6. The molecule has 0 saturated heterocycles. The molecule has 1 unspecified atom stereocenters. The van der Waals surface area contributed by atoms with Crippen molar-refractivity contribution in [2.45, 2.75) is 25.3 Å².